The van der Waals surface area contributed by atoms with Gasteiger partial charge in [0, 0.05) is 51.9 Å². The second-order valence-corrected chi connectivity index (χ2v) is 9.58. The van der Waals surface area contributed by atoms with Gasteiger partial charge in [-0.05, 0) is 44.3 Å². The van der Waals surface area contributed by atoms with E-state index in [0.717, 1.165) is 6.92 Å². The number of hydrogen-bond donors (Lipinski definition) is 2. The van der Waals surface area contributed by atoms with E-state index in [1.807, 2.05) is 4.90 Å². The lowest BCUT2D eigenvalue weighted by Crippen LogP contribution is -2.48. The molecule has 0 saturated carbocycles. The number of alkyl halides is 3. The number of carbonyl (C=O) groups is 1. The maximum absolute atomic E-state index is 13.7. The lowest BCUT2D eigenvalue weighted by molar-refractivity contribution is -0.138. The number of halogens is 5. The molecule has 0 amide bonds. The third-order valence-electron chi connectivity index (χ3n) is 6.36. The molecule has 220 valence electrons. The number of carboxylic acid groups (broad SMARTS) is 1. The Morgan fingerprint density at radius 1 is 1.27 bits per heavy atom. The lowest BCUT2D eigenvalue weighted by atomic mass is 10.1. The Bertz CT molecular complexity index is 1160. The van der Waals surface area contributed by atoms with Crippen LogP contribution < -0.4 is 5.32 Å². The Kier molecular flexibility index (Phi) is 12.2. The van der Waals surface area contributed by atoms with Crippen molar-refractivity contribution in [2.24, 2.45) is 9.98 Å². The first-order chi connectivity index (χ1) is 18.8. The molecule has 40 heavy (non-hydrogen) atoms. The number of likely N-dealkylation sites (N-methyl/N-ethyl adjacent to an activating group) is 1. The lowest BCUT2D eigenvalue weighted by Gasteiger charge is -2.41. The number of rotatable bonds is 13. The number of allylic oxidation sites excluding steroid dienone is 2. The molecule has 1 aromatic carbocycles. The fourth-order valence-corrected chi connectivity index (χ4v) is 4.30. The summed E-state index contributed by atoms with van der Waals surface area (Å²) < 4.78 is 54.5. The molecular formula is C27H35ClF4N6O2. The molecule has 1 aromatic rings. The van der Waals surface area contributed by atoms with E-state index < -0.39 is 29.6 Å². The number of nitrogens with one attached hydrogen (secondary N) is 1. The van der Waals surface area contributed by atoms with Gasteiger partial charge in [0.15, 0.2) is 0 Å². The van der Waals surface area contributed by atoms with Gasteiger partial charge in [-0.15, -0.1) is 6.58 Å². The molecule has 1 aliphatic rings. The molecule has 0 spiro atoms. The fraction of sp³-hybridized carbons (Fsp3) is 0.444. The van der Waals surface area contributed by atoms with Crippen LogP contribution in [0.4, 0.5) is 17.6 Å². The second kappa shape index (κ2) is 14.8. The summed E-state index contributed by atoms with van der Waals surface area (Å²) in [4.78, 5) is 24.8. The predicted molar refractivity (Wildman–Crippen MR) is 150 cm³/mol. The first-order valence-electron chi connectivity index (χ1n) is 12.5. The van der Waals surface area contributed by atoms with Gasteiger partial charge in [0.25, 0.3) is 0 Å². The average Bonchev–Trinajstić information content (AvgIpc) is 2.89. The highest BCUT2D eigenvalue weighted by atomic mass is 35.5. The van der Waals surface area contributed by atoms with E-state index in [9.17, 15) is 22.4 Å². The van der Waals surface area contributed by atoms with Crippen LogP contribution in [0.2, 0.25) is 5.02 Å². The van der Waals surface area contributed by atoms with Crippen molar-refractivity contribution in [1.29, 1.82) is 0 Å². The number of hydrogen-bond acceptors (Lipinski definition) is 7. The van der Waals surface area contributed by atoms with Crippen LogP contribution in [0.3, 0.4) is 0 Å². The fourth-order valence-electron chi connectivity index (χ4n) is 4.12. The number of piperazine rings is 1. The summed E-state index contributed by atoms with van der Waals surface area (Å²) in [5, 5.41) is 11.8. The molecule has 1 saturated heterocycles. The summed E-state index contributed by atoms with van der Waals surface area (Å²) in [7, 11) is 1.60. The number of aliphatic carboxylic acids is 1. The summed E-state index contributed by atoms with van der Waals surface area (Å²) >= 11 is 5.96. The average molecular weight is 587 g/mol. The summed E-state index contributed by atoms with van der Waals surface area (Å²) in [5.41, 5.74) is 0.375. The van der Waals surface area contributed by atoms with E-state index in [-0.39, 0.29) is 30.5 Å². The van der Waals surface area contributed by atoms with Crippen molar-refractivity contribution in [2.75, 3.05) is 46.4 Å². The van der Waals surface area contributed by atoms with Crippen molar-refractivity contribution in [3.63, 3.8) is 0 Å². The second-order valence-electron chi connectivity index (χ2n) is 9.17. The van der Waals surface area contributed by atoms with Crippen LogP contribution in [-0.2, 0) is 4.79 Å². The molecule has 1 aliphatic heterocycles. The van der Waals surface area contributed by atoms with Gasteiger partial charge < -0.3 is 19.8 Å². The minimum Gasteiger partial charge on any atom is -0.480 e. The zero-order valence-corrected chi connectivity index (χ0v) is 23.6. The Morgan fingerprint density at radius 2 is 1.90 bits per heavy atom. The maximum atomic E-state index is 13.7. The van der Waals surface area contributed by atoms with Gasteiger partial charge >= 0.3 is 12.1 Å². The van der Waals surface area contributed by atoms with Crippen LogP contribution in [0, 0.1) is 5.82 Å². The van der Waals surface area contributed by atoms with Crippen molar-refractivity contribution in [3.8, 4) is 0 Å². The highest BCUT2D eigenvalue weighted by molar-refractivity contribution is 6.31. The Morgan fingerprint density at radius 3 is 2.42 bits per heavy atom. The van der Waals surface area contributed by atoms with Crippen molar-refractivity contribution < 1.29 is 27.5 Å². The smallest absolute Gasteiger partial charge is 0.415 e. The van der Waals surface area contributed by atoms with Crippen LogP contribution in [0.5, 0.6) is 0 Å². The van der Waals surface area contributed by atoms with E-state index in [1.54, 1.807) is 24.1 Å². The maximum Gasteiger partial charge on any atom is 0.415 e. The molecule has 1 unspecified atom stereocenters. The molecular weight excluding hydrogens is 552 g/mol. The minimum atomic E-state index is -4.47. The molecule has 2 N–H and O–H groups in total. The van der Waals surface area contributed by atoms with Crippen molar-refractivity contribution >= 4 is 30.0 Å². The minimum absolute atomic E-state index is 0.00689. The van der Waals surface area contributed by atoms with Crippen molar-refractivity contribution in [2.45, 2.75) is 32.5 Å². The topological polar surface area (TPSA) is 83.8 Å². The normalized spacial score (nSPS) is 16.4. The van der Waals surface area contributed by atoms with Gasteiger partial charge in [-0.3, -0.25) is 15.1 Å². The molecule has 0 radical (unpaired) electrons. The van der Waals surface area contributed by atoms with Gasteiger partial charge in [0.2, 0.25) is 0 Å². The van der Waals surface area contributed by atoms with Crippen molar-refractivity contribution in [3.05, 3.63) is 70.5 Å². The zero-order valence-electron chi connectivity index (χ0n) is 22.8. The van der Waals surface area contributed by atoms with E-state index >= 15 is 0 Å². The van der Waals surface area contributed by atoms with E-state index in [0.29, 0.717) is 43.3 Å². The molecule has 8 nitrogen and oxygen atoms in total. The molecule has 0 bridgehead atoms. The molecule has 1 atom stereocenters. The van der Waals surface area contributed by atoms with Gasteiger partial charge in [-0.2, -0.15) is 13.2 Å². The van der Waals surface area contributed by atoms with Gasteiger partial charge in [0.1, 0.15) is 23.5 Å². The molecule has 1 heterocycles. The summed E-state index contributed by atoms with van der Waals surface area (Å²) in [6.07, 6.45) is -0.916. The first-order valence-corrected chi connectivity index (χ1v) is 12.9. The summed E-state index contributed by atoms with van der Waals surface area (Å²) in [6.45, 7) is 11.5. The van der Waals surface area contributed by atoms with Gasteiger partial charge in [-0.25, -0.2) is 9.38 Å². The van der Waals surface area contributed by atoms with Crippen LogP contribution in [0.25, 0.3) is 0 Å². The SMILES string of the molecule is C=CCN(C)/C(=C(\C)C(F)(F)F)N1CCN(/C(=C/C/C(=N\CNC(C)C(=O)O)c2ccc(F)c(Cl)c2)N=C)CC1. The molecule has 0 aliphatic carbocycles. The van der Waals surface area contributed by atoms with E-state index in [2.05, 4.69) is 28.6 Å². The van der Waals surface area contributed by atoms with E-state index in [4.69, 9.17) is 16.7 Å². The van der Waals surface area contributed by atoms with Gasteiger partial charge in [-0.1, -0.05) is 23.7 Å². The zero-order chi connectivity index (χ0) is 30.0. The van der Waals surface area contributed by atoms with E-state index in [1.165, 1.54) is 30.0 Å². The van der Waals surface area contributed by atoms with Crippen molar-refractivity contribution in [1.82, 2.24) is 20.0 Å². The quantitative estimate of drug-likeness (QED) is 0.197. The third-order valence-corrected chi connectivity index (χ3v) is 6.65. The number of aliphatic imine (C=N–C) groups is 2. The standard InChI is InChI=1S/C27H35ClF4N6O2/c1-6-11-36(5)25(18(2)27(30,31)32)38-14-12-37(13-15-38)24(33-4)10-9-23(35-17-34-19(3)26(39)40)20-7-8-22(29)21(28)16-20/h6-8,10,16,19,34H,1,4,9,11-15,17H2,2-3,5H3,(H,39,40)/b24-10+,25-18-,35-23+. The highest BCUT2D eigenvalue weighted by Crippen LogP contribution is 2.31. The highest BCUT2D eigenvalue weighted by Gasteiger charge is 2.36. The van der Waals surface area contributed by atoms with Crippen LogP contribution in [-0.4, -0.2) is 96.9 Å². The molecule has 2 rings (SSSR count). The molecule has 0 aromatic heterocycles. The third kappa shape index (κ3) is 9.09. The van der Waals surface area contributed by atoms with Crippen LogP contribution >= 0.6 is 11.6 Å². The number of carboxylic acids is 1. The number of benzene rings is 1. The Labute approximate surface area is 237 Å². The monoisotopic (exact) mass is 586 g/mol. The first kappa shape index (κ1) is 32.8. The summed E-state index contributed by atoms with van der Waals surface area (Å²) in [5.74, 6) is -0.991. The van der Waals surface area contributed by atoms with Crippen LogP contribution in [0.1, 0.15) is 25.8 Å². The summed E-state index contributed by atoms with van der Waals surface area (Å²) in [6, 6.07) is 3.34. The Hall–Kier alpha value is -3.38. The molecule has 1 fully saturated rings. The predicted octanol–water partition coefficient (Wildman–Crippen LogP) is 4.75. The number of nitrogens with zero attached hydrogens (tertiary/aromatic N) is 5. The molecule has 13 heteroatoms. The van der Waals surface area contributed by atoms with Gasteiger partial charge in [0.05, 0.1) is 17.3 Å². The van der Waals surface area contributed by atoms with Crippen LogP contribution in [0.15, 0.2) is 64.1 Å². The largest absolute Gasteiger partial charge is 0.480 e. The Balaban J connectivity index is 2.24.